The quantitative estimate of drug-likeness (QED) is 0.863. The molecular formula is C16H28N2O2. The van der Waals surface area contributed by atoms with Gasteiger partial charge in [0.05, 0.1) is 0 Å². The highest BCUT2D eigenvalue weighted by Crippen LogP contribution is 2.42. The molecule has 0 aromatic rings. The summed E-state index contributed by atoms with van der Waals surface area (Å²) in [5, 5.41) is 2.99. The van der Waals surface area contributed by atoms with Gasteiger partial charge in [-0.3, -0.25) is 9.59 Å². The van der Waals surface area contributed by atoms with Gasteiger partial charge in [0.25, 0.3) is 0 Å². The van der Waals surface area contributed by atoms with Gasteiger partial charge in [0.2, 0.25) is 11.8 Å². The lowest BCUT2D eigenvalue weighted by atomic mass is 9.84. The van der Waals surface area contributed by atoms with Gasteiger partial charge in [0, 0.05) is 19.0 Å². The van der Waals surface area contributed by atoms with Crippen molar-refractivity contribution < 1.29 is 9.59 Å². The van der Waals surface area contributed by atoms with Crippen molar-refractivity contribution >= 4 is 11.8 Å². The number of nitrogens with zero attached hydrogens (tertiary/aromatic N) is 1. The first-order chi connectivity index (χ1) is 9.36. The third-order valence-corrected chi connectivity index (χ3v) is 5.41. The Hall–Kier alpha value is -1.06. The van der Waals surface area contributed by atoms with Gasteiger partial charge in [0.15, 0.2) is 0 Å². The average Bonchev–Trinajstić information content (AvgIpc) is 2.69. The predicted octanol–water partition coefficient (Wildman–Crippen LogP) is 2.47. The Balaban J connectivity index is 2.33. The third-order valence-electron chi connectivity index (χ3n) is 5.41. The van der Waals surface area contributed by atoms with Crippen molar-refractivity contribution in [2.45, 2.75) is 77.8 Å². The Morgan fingerprint density at radius 2 is 1.90 bits per heavy atom. The fourth-order valence-electron chi connectivity index (χ4n) is 3.89. The molecule has 1 unspecified atom stereocenters. The molecular weight excluding hydrogens is 252 g/mol. The lowest BCUT2D eigenvalue weighted by molar-refractivity contribution is -0.143. The Bertz CT molecular complexity index is 399. The van der Waals surface area contributed by atoms with Crippen LogP contribution >= 0.6 is 0 Å². The van der Waals surface area contributed by atoms with Gasteiger partial charge in [-0.1, -0.05) is 34.1 Å². The van der Waals surface area contributed by atoms with Gasteiger partial charge in [-0.15, -0.1) is 0 Å². The lowest BCUT2D eigenvalue weighted by Gasteiger charge is -2.41. The van der Waals surface area contributed by atoms with Crippen LogP contribution in [0.5, 0.6) is 0 Å². The topological polar surface area (TPSA) is 49.4 Å². The molecule has 1 N–H and O–H groups in total. The van der Waals surface area contributed by atoms with Crippen LogP contribution in [0.1, 0.15) is 66.2 Å². The minimum atomic E-state index is -0.688. The number of nitrogens with one attached hydrogen (secondary N) is 1. The van der Waals surface area contributed by atoms with E-state index in [9.17, 15) is 9.59 Å². The Kier molecular flexibility index (Phi) is 4.12. The zero-order chi connectivity index (χ0) is 15.0. The molecule has 2 fully saturated rings. The first kappa shape index (κ1) is 15.3. The summed E-state index contributed by atoms with van der Waals surface area (Å²) < 4.78 is 0. The molecule has 0 bridgehead atoms. The molecule has 4 nitrogen and oxygen atoms in total. The molecule has 1 saturated carbocycles. The molecule has 20 heavy (non-hydrogen) atoms. The van der Waals surface area contributed by atoms with E-state index in [1.807, 2.05) is 18.7 Å². The first-order valence-corrected chi connectivity index (χ1v) is 7.98. The number of amides is 2. The van der Waals surface area contributed by atoms with E-state index in [-0.39, 0.29) is 23.3 Å². The van der Waals surface area contributed by atoms with Crippen LogP contribution in [0, 0.1) is 5.41 Å². The summed E-state index contributed by atoms with van der Waals surface area (Å²) in [6.45, 7) is 9.05. The normalized spacial score (nSPS) is 29.2. The van der Waals surface area contributed by atoms with Crippen molar-refractivity contribution in [3.63, 3.8) is 0 Å². The predicted molar refractivity (Wildman–Crippen MR) is 79.2 cm³/mol. The van der Waals surface area contributed by atoms with Crippen molar-refractivity contribution in [3.8, 4) is 0 Å². The van der Waals surface area contributed by atoms with Gasteiger partial charge < -0.3 is 10.2 Å². The lowest BCUT2D eigenvalue weighted by Crippen LogP contribution is -2.59. The van der Waals surface area contributed by atoms with Gasteiger partial charge in [0.1, 0.15) is 5.54 Å². The van der Waals surface area contributed by atoms with Crippen molar-refractivity contribution in [1.82, 2.24) is 10.2 Å². The van der Waals surface area contributed by atoms with Gasteiger partial charge >= 0.3 is 0 Å². The van der Waals surface area contributed by atoms with Crippen LogP contribution in [-0.4, -0.2) is 34.8 Å². The van der Waals surface area contributed by atoms with Crippen LogP contribution in [-0.2, 0) is 9.59 Å². The first-order valence-electron chi connectivity index (χ1n) is 7.98. The second-order valence-corrected chi connectivity index (χ2v) is 6.98. The van der Waals surface area contributed by atoms with E-state index in [1.165, 1.54) is 6.42 Å². The summed E-state index contributed by atoms with van der Waals surface area (Å²) in [6, 6.07) is 0.278. The van der Waals surface area contributed by atoms with Gasteiger partial charge in [-0.2, -0.15) is 0 Å². The van der Waals surface area contributed by atoms with Crippen LogP contribution in [0.2, 0.25) is 0 Å². The molecule has 2 rings (SSSR count). The van der Waals surface area contributed by atoms with E-state index in [4.69, 9.17) is 0 Å². The van der Waals surface area contributed by atoms with Crippen LogP contribution in [0.25, 0.3) is 0 Å². The van der Waals surface area contributed by atoms with Crippen LogP contribution in [0.4, 0.5) is 0 Å². The number of hydrogen-bond donors (Lipinski definition) is 1. The Morgan fingerprint density at radius 3 is 2.40 bits per heavy atom. The Labute approximate surface area is 122 Å². The summed E-state index contributed by atoms with van der Waals surface area (Å²) in [5.74, 6) is 0.147. The summed E-state index contributed by atoms with van der Waals surface area (Å²) in [4.78, 5) is 27.1. The summed E-state index contributed by atoms with van der Waals surface area (Å²) in [7, 11) is 0. The molecule has 1 saturated heterocycles. The second kappa shape index (κ2) is 5.38. The zero-order valence-corrected chi connectivity index (χ0v) is 13.3. The second-order valence-electron chi connectivity index (χ2n) is 6.98. The maximum Gasteiger partial charge on any atom is 0.248 e. The molecule has 0 radical (unpaired) electrons. The number of hydrogen-bond acceptors (Lipinski definition) is 2. The van der Waals surface area contributed by atoms with E-state index in [2.05, 4.69) is 19.2 Å². The molecule has 1 atom stereocenters. The van der Waals surface area contributed by atoms with E-state index < -0.39 is 5.54 Å². The Morgan fingerprint density at radius 1 is 1.25 bits per heavy atom. The van der Waals surface area contributed by atoms with Crippen molar-refractivity contribution in [2.24, 2.45) is 5.41 Å². The van der Waals surface area contributed by atoms with E-state index in [0.717, 1.165) is 12.8 Å². The highest BCUT2D eigenvalue weighted by Gasteiger charge is 2.48. The zero-order valence-electron chi connectivity index (χ0n) is 13.3. The summed E-state index contributed by atoms with van der Waals surface area (Å²) in [6.07, 6.45) is 5.16. The van der Waals surface area contributed by atoms with Gasteiger partial charge in [-0.05, 0) is 31.1 Å². The molecule has 4 heteroatoms. The monoisotopic (exact) mass is 280 g/mol. The molecule has 1 aliphatic heterocycles. The molecule has 0 spiro atoms. The molecule has 2 amide bonds. The molecule has 1 heterocycles. The average molecular weight is 280 g/mol. The highest BCUT2D eigenvalue weighted by atomic mass is 16.2. The molecule has 1 aliphatic carbocycles. The molecule has 0 aromatic carbocycles. The summed E-state index contributed by atoms with van der Waals surface area (Å²) in [5.41, 5.74) is -0.525. The number of carbonyl (C=O) groups is 2. The van der Waals surface area contributed by atoms with Crippen LogP contribution in [0.15, 0.2) is 0 Å². The maximum atomic E-state index is 13.1. The maximum absolute atomic E-state index is 13.1. The molecule has 0 aromatic heterocycles. The number of carbonyl (C=O) groups excluding carboxylic acids is 2. The van der Waals surface area contributed by atoms with Crippen LogP contribution < -0.4 is 5.32 Å². The highest BCUT2D eigenvalue weighted by molar-refractivity contribution is 5.93. The van der Waals surface area contributed by atoms with E-state index in [0.29, 0.717) is 25.8 Å². The minimum Gasteiger partial charge on any atom is -0.342 e. The van der Waals surface area contributed by atoms with Gasteiger partial charge in [-0.25, -0.2) is 0 Å². The standard InChI is InChI=1S/C16H28N2O2/c1-5-16(6-2)14(20)18(11-9-13(19)17-16)12-8-7-10-15(12,3)4/h12H,5-11H2,1-4H3,(H,17,19). The van der Waals surface area contributed by atoms with Crippen molar-refractivity contribution in [3.05, 3.63) is 0 Å². The fraction of sp³-hybridized carbons (Fsp3) is 0.875. The van der Waals surface area contributed by atoms with E-state index in [1.54, 1.807) is 0 Å². The van der Waals surface area contributed by atoms with Crippen LogP contribution in [0.3, 0.4) is 0 Å². The molecule has 114 valence electrons. The van der Waals surface area contributed by atoms with E-state index >= 15 is 0 Å². The molecule has 2 aliphatic rings. The number of rotatable bonds is 3. The fourth-order valence-corrected chi connectivity index (χ4v) is 3.89. The summed E-state index contributed by atoms with van der Waals surface area (Å²) >= 11 is 0. The minimum absolute atomic E-state index is 0.0142. The van der Waals surface area contributed by atoms with Crippen molar-refractivity contribution in [2.75, 3.05) is 6.54 Å². The SMILES string of the molecule is CCC1(CC)NC(=O)CCN(C2CCCC2(C)C)C1=O. The third kappa shape index (κ3) is 2.45. The smallest absolute Gasteiger partial charge is 0.248 e. The van der Waals surface area contributed by atoms with Crippen molar-refractivity contribution in [1.29, 1.82) is 0 Å². The largest absolute Gasteiger partial charge is 0.342 e.